The number of hydrazone groups is 1. The van der Waals surface area contributed by atoms with Crippen LogP contribution in [0.1, 0.15) is 15.9 Å². The van der Waals surface area contributed by atoms with E-state index in [1.54, 1.807) is 18.2 Å². The van der Waals surface area contributed by atoms with E-state index in [4.69, 9.17) is 44.3 Å². The highest BCUT2D eigenvalue weighted by Crippen LogP contribution is 2.36. The fraction of sp³-hybridized carbons (Fsp3) is 0.0667. The van der Waals surface area contributed by atoms with Crippen LogP contribution in [-0.2, 0) is 0 Å². The van der Waals surface area contributed by atoms with E-state index in [1.165, 1.54) is 18.3 Å². The van der Waals surface area contributed by atoms with Crippen LogP contribution in [0, 0.1) is 0 Å². The van der Waals surface area contributed by atoms with Gasteiger partial charge in [0, 0.05) is 17.2 Å². The molecule has 1 aliphatic heterocycles. The zero-order chi connectivity index (χ0) is 16.4. The van der Waals surface area contributed by atoms with Gasteiger partial charge in [0.2, 0.25) is 6.79 Å². The molecule has 0 radical (unpaired) electrons. The van der Waals surface area contributed by atoms with Crippen LogP contribution in [0.5, 0.6) is 11.5 Å². The van der Waals surface area contributed by atoms with Crippen LogP contribution in [0.3, 0.4) is 0 Å². The Kier molecular flexibility index (Phi) is 4.61. The summed E-state index contributed by atoms with van der Waals surface area (Å²) >= 11 is 17.8. The van der Waals surface area contributed by atoms with E-state index in [-0.39, 0.29) is 6.79 Å². The molecule has 1 aliphatic rings. The number of benzene rings is 2. The molecule has 0 atom stereocenters. The van der Waals surface area contributed by atoms with Gasteiger partial charge in [-0.15, -0.1) is 0 Å². The summed E-state index contributed by atoms with van der Waals surface area (Å²) in [6.45, 7) is 0.153. The summed E-state index contributed by atoms with van der Waals surface area (Å²) in [7, 11) is 0. The third-order valence-corrected chi connectivity index (χ3v) is 4.11. The Labute approximate surface area is 146 Å². The number of nitrogens with zero attached hydrogens (tertiary/aromatic N) is 1. The van der Waals surface area contributed by atoms with Gasteiger partial charge in [-0.3, -0.25) is 4.79 Å². The summed E-state index contributed by atoms with van der Waals surface area (Å²) in [6.07, 6.45) is 1.42. The lowest BCUT2D eigenvalue weighted by Gasteiger charge is -2.03. The number of carbonyl (C=O) groups excluding carboxylic acids is 1. The van der Waals surface area contributed by atoms with Crippen LogP contribution >= 0.6 is 34.8 Å². The number of carbonyl (C=O) groups is 1. The van der Waals surface area contributed by atoms with E-state index in [1.807, 2.05) is 0 Å². The standard InChI is InChI=1S/C15H9Cl3N2O3/c16-10-2-1-8(3-12(10)18)15(21)20-19-6-9-4-13-14(5-11(9)17)23-7-22-13/h1-6H,7H2,(H,20,21)/b19-6-. The van der Waals surface area contributed by atoms with Crippen molar-refractivity contribution in [3.8, 4) is 11.5 Å². The van der Waals surface area contributed by atoms with Crippen molar-refractivity contribution in [1.82, 2.24) is 5.43 Å². The molecule has 5 nitrogen and oxygen atoms in total. The zero-order valence-electron chi connectivity index (χ0n) is 11.5. The Balaban J connectivity index is 1.71. The molecule has 2 aromatic rings. The molecule has 0 saturated carbocycles. The third-order valence-electron chi connectivity index (χ3n) is 3.04. The Morgan fingerprint density at radius 2 is 1.78 bits per heavy atom. The van der Waals surface area contributed by atoms with Gasteiger partial charge in [-0.1, -0.05) is 34.8 Å². The molecular formula is C15H9Cl3N2O3. The molecular weight excluding hydrogens is 363 g/mol. The highest BCUT2D eigenvalue weighted by atomic mass is 35.5. The highest BCUT2D eigenvalue weighted by Gasteiger charge is 2.15. The van der Waals surface area contributed by atoms with E-state index in [0.717, 1.165) is 0 Å². The van der Waals surface area contributed by atoms with E-state index in [0.29, 0.717) is 37.7 Å². The second-order valence-corrected chi connectivity index (χ2v) is 5.78. The molecule has 0 aromatic heterocycles. The van der Waals surface area contributed by atoms with Gasteiger partial charge in [-0.25, -0.2) is 5.43 Å². The molecule has 0 spiro atoms. The van der Waals surface area contributed by atoms with Crippen LogP contribution in [0.2, 0.25) is 15.1 Å². The van der Waals surface area contributed by atoms with Crippen molar-refractivity contribution in [1.29, 1.82) is 0 Å². The van der Waals surface area contributed by atoms with Gasteiger partial charge in [0.15, 0.2) is 11.5 Å². The number of halogens is 3. The maximum Gasteiger partial charge on any atom is 0.271 e. The van der Waals surface area contributed by atoms with Gasteiger partial charge in [-0.2, -0.15) is 5.10 Å². The van der Waals surface area contributed by atoms with Gasteiger partial charge in [0.05, 0.1) is 21.3 Å². The number of fused-ring (bicyclic) bond motifs is 1. The number of rotatable bonds is 3. The molecule has 2 aromatic carbocycles. The number of nitrogens with one attached hydrogen (secondary N) is 1. The monoisotopic (exact) mass is 370 g/mol. The average molecular weight is 372 g/mol. The molecule has 0 saturated heterocycles. The molecule has 0 fully saturated rings. The van der Waals surface area contributed by atoms with Crippen molar-refractivity contribution < 1.29 is 14.3 Å². The molecule has 1 N–H and O–H groups in total. The van der Waals surface area contributed by atoms with Gasteiger partial charge in [0.1, 0.15) is 0 Å². The minimum Gasteiger partial charge on any atom is -0.454 e. The Hall–Kier alpha value is -1.95. The fourth-order valence-corrected chi connectivity index (χ4v) is 2.39. The molecule has 3 rings (SSSR count). The molecule has 23 heavy (non-hydrogen) atoms. The van der Waals surface area contributed by atoms with Gasteiger partial charge in [0.25, 0.3) is 5.91 Å². The molecule has 0 aliphatic carbocycles. The smallest absolute Gasteiger partial charge is 0.271 e. The van der Waals surface area contributed by atoms with Crippen molar-refractivity contribution >= 4 is 46.9 Å². The maximum atomic E-state index is 12.0. The molecule has 1 amide bonds. The Bertz CT molecular complexity index is 809. The number of ether oxygens (including phenoxy) is 2. The lowest BCUT2D eigenvalue weighted by molar-refractivity contribution is 0.0955. The van der Waals surface area contributed by atoms with E-state index in [2.05, 4.69) is 10.5 Å². The first-order valence-electron chi connectivity index (χ1n) is 6.42. The molecule has 118 valence electrons. The summed E-state index contributed by atoms with van der Waals surface area (Å²) in [5.74, 6) is 0.732. The molecule has 0 unspecified atom stereocenters. The lowest BCUT2D eigenvalue weighted by atomic mass is 10.2. The Morgan fingerprint density at radius 3 is 2.52 bits per heavy atom. The van der Waals surface area contributed by atoms with Gasteiger partial charge in [-0.05, 0) is 24.3 Å². The predicted octanol–water partition coefficient (Wildman–Crippen LogP) is 4.14. The Morgan fingerprint density at radius 1 is 1.04 bits per heavy atom. The van der Waals surface area contributed by atoms with Gasteiger partial charge < -0.3 is 9.47 Å². The van der Waals surface area contributed by atoms with Crippen molar-refractivity contribution in [3.63, 3.8) is 0 Å². The molecule has 1 heterocycles. The predicted molar refractivity (Wildman–Crippen MR) is 89.1 cm³/mol. The second-order valence-electron chi connectivity index (χ2n) is 4.55. The quantitative estimate of drug-likeness (QED) is 0.651. The van der Waals surface area contributed by atoms with E-state index in [9.17, 15) is 4.79 Å². The minimum absolute atomic E-state index is 0.153. The summed E-state index contributed by atoms with van der Waals surface area (Å²) < 4.78 is 10.5. The van der Waals surface area contributed by atoms with Crippen molar-refractivity contribution in [2.24, 2.45) is 5.10 Å². The first-order valence-corrected chi connectivity index (χ1v) is 7.55. The third kappa shape index (κ3) is 3.52. The lowest BCUT2D eigenvalue weighted by Crippen LogP contribution is -2.17. The first-order chi connectivity index (χ1) is 11.0. The van der Waals surface area contributed by atoms with E-state index < -0.39 is 5.91 Å². The van der Waals surface area contributed by atoms with Crippen molar-refractivity contribution in [2.75, 3.05) is 6.79 Å². The molecule has 8 heteroatoms. The van der Waals surface area contributed by atoms with Crippen LogP contribution in [0.4, 0.5) is 0 Å². The summed E-state index contributed by atoms with van der Waals surface area (Å²) in [5, 5.41) is 4.97. The number of amides is 1. The number of hydrogen-bond donors (Lipinski definition) is 1. The van der Waals surface area contributed by atoms with Crippen LogP contribution in [-0.4, -0.2) is 18.9 Å². The number of hydrogen-bond acceptors (Lipinski definition) is 4. The zero-order valence-corrected chi connectivity index (χ0v) is 13.7. The van der Waals surface area contributed by atoms with Crippen LogP contribution in [0.25, 0.3) is 0 Å². The summed E-state index contributed by atoms with van der Waals surface area (Å²) in [6, 6.07) is 7.86. The minimum atomic E-state index is -0.420. The normalized spacial score (nSPS) is 12.7. The fourth-order valence-electron chi connectivity index (χ4n) is 1.89. The van der Waals surface area contributed by atoms with Crippen molar-refractivity contribution in [3.05, 3.63) is 56.5 Å². The van der Waals surface area contributed by atoms with Crippen molar-refractivity contribution in [2.45, 2.75) is 0 Å². The molecule has 0 bridgehead atoms. The maximum absolute atomic E-state index is 12.0. The largest absolute Gasteiger partial charge is 0.454 e. The van der Waals surface area contributed by atoms with Crippen LogP contribution < -0.4 is 14.9 Å². The highest BCUT2D eigenvalue weighted by molar-refractivity contribution is 6.42. The van der Waals surface area contributed by atoms with Crippen LogP contribution in [0.15, 0.2) is 35.4 Å². The summed E-state index contributed by atoms with van der Waals surface area (Å²) in [5.41, 5.74) is 3.32. The SMILES string of the molecule is O=C(N/N=C\c1cc2c(cc1Cl)OCO2)c1ccc(Cl)c(Cl)c1. The first kappa shape index (κ1) is 15.9. The average Bonchev–Trinajstić information content (AvgIpc) is 2.97. The summed E-state index contributed by atoms with van der Waals surface area (Å²) in [4.78, 5) is 12.0. The second kappa shape index (κ2) is 6.66. The topological polar surface area (TPSA) is 59.9 Å². The van der Waals surface area contributed by atoms with E-state index >= 15 is 0 Å². The van der Waals surface area contributed by atoms with Gasteiger partial charge >= 0.3 is 0 Å².